The Morgan fingerprint density at radius 1 is 1.29 bits per heavy atom. The lowest BCUT2D eigenvalue weighted by atomic mass is 9.77. The molecular formula is C16H25BrN2O2. The predicted octanol–water partition coefficient (Wildman–Crippen LogP) is 3.18. The predicted molar refractivity (Wildman–Crippen MR) is 88.3 cm³/mol. The largest absolute Gasteiger partial charge is 0.496 e. The van der Waals surface area contributed by atoms with E-state index in [1.165, 1.54) is 24.8 Å². The average Bonchev–Trinajstić information content (AvgIpc) is 2.53. The Balaban J connectivity index is 2.16. The summed E-state index contributed by atoms with van der Waals surface area (Å²) in [5, 5.41) is 0. The summed E-state index contributed by atoms with van der Waals surface area (Å²) in [4.78, 5) is 0. The fourth-order valence-corrected chi connectivity index (χ4v) is 3.90. The van der Waals surface area contributed by atoms with Crippen molar-refractivity contribution in [3.8, 4) is 5.75 Å². The van der Waals surface area contributed by atoms with Crippen molar-refractivity contribution in [1.82, 2.24) is 5.43 Å². The molecule has 1 unspecified atom stereocenters. The summed E-state index contributed by atoms with van der Waals surface area (Å²) < 4.78 is 12.1. The lowest BCUT2D eigenvalue weighted by Gasteiger charge is -2.42. The van der Waals surface area contributed by atoms with Crippen LogP contribution in [0.25, 0.3) is 0 Å². The molecule has 0 radical (unpaired) electrons. The third kappa shape index (κ3) is 3.77. The van der Waals surface area contributed by atoms with Gasteiger partial charge in [-0.05, 0) is 52.9 Å². The number of rotatable bonds is 6. The second-order valence-electron chi connectivity index (χ2n) is 5.72. The molecule has 0 amide bonds. The van der Waals surface area contributed by atoms with Crippen LogP contribution in [0.15, 0.2) is 22.7 Å². The summed E-state index contributed by atoms with van der Waals surface area (Å²) >= 11 is 3.54. The van der Waals surface area contributed by atoms with Crippen molar-refractivity contribution >= 4 is 15.9 Å². The minimum absolute atomic E-state index is 0.114. The standard InChI is InChI=1S/C16H25BrN2O2/c1-20-14-7-6-12(10-13(14)17)11-15(19-18)16(21-2)8-4-3-5-9-16/h6-7,10,15,19H,3-5,8-9,11,18H2,1-2H3. The highest BCUT2D eigenvalue weighted by Crippen LogP contribution is 2.35. The molecule has 1 aliphatic carbocycles. The van der Waals surface area contributed by atoms with Gasteiger partial charge >= 0.3 is 0 Å². The van der Waals surface area contributed by atoms with Crippen molar-refractivity contribution in [3.63, 3.8) is 0 Å². The molecule has 0 spiro atoms. The van der Waals surface area contributed by atoms with Gasteiger partial charge in [0.1, 0.15) is 5.75 Å². The number of benzene rings is 1. The molecule has 2 rings (SSSR count). The van der Waals surface area contributed by atoms with Crippen LogP contribution in [0.4, 0.5) is 0 Å². The van der Waals surface area contributed by atoms with Crippen LogP contribution < -0.4 is 16.0 Å². The van der Waals surface area contributed by atoms with E-state index in [4.69, 9.17) is 15.3 Å². The lowest BCUT2D eigenvalue weighted by molar-refractivity contribution is -0.0673. The lowest BCUT2D eigenvalue weighted by Crippen LogP contribution is -2.56. The van der Waals surface area contributed by atoms with Gasteiger partial charge in [-0.1, -0.05) is 25.3 Å². The fraction of sp³-hybridized carbons (Fsp3) is 0.625. The summed E-state index contributed by atoms with van der Waals surface area (Å²) in [6.45, 7) is 0. The summed E-state index contributed by atoms with van der Waals surface area (Å²) in [6, 6.07) is 6.27. The van der Waals surface area contributed by atoms with E-state index in [0.29, 0.717) is 0 Å². The third-order valence-corrected chi connectivity index (χ3v) is 5.22. The van der Waals surface area contributed by atoms with E-state index in [9.17, 15) is 0 Å². The van der Waals surface area contributed by atoms with Crippen LogP contribution >= 0.6 is 15.9 Å². The van der Waals surface area contributed by atoms with E-state index in [1.54, 1.807) is 14.2 Å². The first-order valence-corrected chi connectivity index (χ1v) is 8.28. The molecule has 1 atom stereocenters. The summed E-state index contributed by atoms with van der Waals surface area (Å²) in [5.41, 5.74) is 4.05. The van der Waals surface area contributed by atoms with Crippen LogP contribution in [-0.2, 0) is 11.2 Å². The van der Waals surface area contributed by atoms with E-state index in [0.717, 1.165) is 29.5 Å². The SMILES string of the molecule is COc1ccc(CC(NN)C2(OC)CCCCC2)cc1Br. The Kier molecular flexibility index (Phi) is 6.05. The van der Waals surface area contributed by atoms with Crippen LogP contribution in [0.3, 0.4) is 0 Å². The van der Waals surface area contributed by atoms with Gasteiger partial charge in [-0.3, -0.25) is 11.3 Å². The molecular weight excluding hydrogens is 332 g/mol. The quantitative estimate of drug-likeness (QED) is 0.607. The monoisotopic (exact) mass is 356 g/mol. The highest BCUT2D eigenvalue weighted by molar-refractivity contribution is 9.10. The van der Waals surface area contributed by atoms with Crippen molar-refractivity contribution in [1.29, 1.82) is 0 Å². The summed E-state index contributed by atoms with van der Waals surface area (Å²) in [6.07, 6.45) is 6.67. The average molecular weight is 357 g/mol. The van der Waals surface area contributed by atoms with Gasteiger partial charge < -0.3 is 9.47 Å². The smallest absolute Gasteiger partial charge is 0.133 e. The Labute approximate surface area is 135 Å². The van der Waals surface area contributed by atoms with Gasteiger partial charge in [-0.25, -0.2) is 0 Å². The van der Waals surface area contributed by atoms with Crippen molar-refractivity contribution in [2.75, 3.05) is 14.2 Å². The number of halogens is 1. The number of hydrogen-bond donors (Lipinski definition) is 2. The number of ether oxygens (including phenoxy) is 2. The van der Waals surface area contributed by atoms with E-state index in [2.05, 4.69) is 33.5 Å². The molecule has 0 aliphatic heterocycles. The number of hydrazine groups is 1. The molecule has 0 bridgehead atoms. The molecule has 1 aromatic rings. The highest BCUT2D eigenvalue weighted by Gasteiger charge is 2.39. The molecule has 3 N–H and O–H groups in total. The molecule has 0 saturated heterocycles. The fourth-order valence-electron chi connectivity index (χ4n) is 3.31. The van der Waals surface area contributed by atoms with Crippen molar-refractivity contribution in [3.05, 3.63) is 28.2 Å². The van der Waals surface area contributed by atoms with Crippen molar-refractivity contribution < 1.29 is 9.47 Å². The Bertz CT molecular complexity index is 462. The van der Waals surface area contributed by atoms with Gasteiger partial charge in [-0.2, -0.15) is 0 Å². The van der Waals surface area contributed by atoms with Gasteiger partial charge in [0.2, 0.25) is 0 Å². The zero-order valence-electron chi connectivity index (χ0n) is 12.8. The van der Waals surface area contributed by atoms with E-state index in [1.807, 2.05) is 6.07 Å². The second-order valence-corrected chi connectivity index (χ2v) is 6.58. The highest BCUT2D eigenvalue weighted by atomic mass is 79.9. The van der Waals surface area contributed by atoms with Crippen molar-refractivity contribution in [2.24, 2.45) is 5.84 Å². The zero-order chi connectivity index (χ0) is 15.3. The minimum atomic E-state index is -0.153. The van der Waals surface area contributed by atoms with Crippen molar-refractivity contribution in [2.45, 2.75) is 50.2 Å². The van der Waals surface area contributed by atoms with E-state index in [-0.39, 0.29) is 11.6 Å². The van der Waals surface area contributed by atoms with Crippen LogP contribution in [0.1, 0.15) is 37.7 Å². The molecule has 4 nitrogen and oxygen atoms in total. The molecule has 21 heavy (non-hydrogen) atoms. The molecule has 1 aromatic carbocycles. The molecule has 1 fully saturated rings. The van der Waals surface area contributed by atoms with Crippen LogP contribution in [-0.4, -0.2) is 25.9 Å². The van der Waals surface area contributed by atoms with Crippen LogP contribution in [0.5, 0.6) is 5.75 Å². The first-order valence-electron chi connectivity index (χ1n) is 7.49. The molecule has 1 aliphatic rings. The van der Waals surface area contributed by atoms with Gasteiger partial charge in [0.25, 0.3) is 0 Å². The third-order valence-electron chi connectivity index (χ3n) is 4.60. The van der Waals surface area contributed by atoms with E-state index >= 15 is 0 Å². The normalized spacial score (nSPS) is 19.2. The zero-order valence-corrected chi connectivity index (χ0v) is 14.4. The summed E-state index contributed by atoms with van der Waals surface area (Å²) in [7, 11) is 3.48. The molecule has 0 aromatic heterocycles. The molecule has 5 heteroatoms. The van der Waals surface area contributed by atoms with Gasteiger partial charge in [-0.15, -0.1) is 0 Å². The van der Waals surface area contributed by atoms with Gasteiger partial charge in [0, 0.05) is 7.11 Å². The van der Waals surface area contributed by atoms with Crippen LogP contribution in [0, 0.1) is 0 Å². The maximum atomic E-state index is 5.90. The first kappa shape index (κ1) is 16.7. The Hall–Kier alpha value is -0.620. The maximum absolute atomic E-state index is 5.90. The molecule has 118 valence electrons. The Morgan fingerprint density at radius 3 is 2.52 bits per heavy atom. The minimum Gasteiger partial charge on any atom is -0.496 e. The number of nitrogens with one attached hydrogen (secondary N) is 1. The molecule has 1 saturated carbocycles. The number of hydrogen-bond acceptors (Lipinski definition) is 4. The first-order chi connectivity index (χ1) is 10.1. The molecule has 0 heterocycles. The van der Waals surface area contributed by atoms with Gasteiger partial charge in [0.15, 0.2) is 0 Å². The van der Waals surface area contributed by atoms with Gasteiger partial charge in [0.05, 0.1) is 23.2 Å². The summed E-state index contributed by atoms with van der Waals surface area (Å²) in [5.74, 6) is 6.68. The number of methoxy groups -OCH3 is 2. The Morgan fingerprint density at radius 2 is 2.00 bits per heavy atom. The van der Waals surface area contributed by atoms with Crippen LogP contribution in [0.2, 0.25) is 0 Å². The maximum Gasteiger partial charge on any atom is 0.133 e. The number of nitrogens with two attached hydrogens (primary N) is 1. The second kappa shape index (κ2) is 7.58. The van der Waals surface area contributed by atoms with E-state index < -0.39 is 0 Å². The topological polar surface area (TPSA) is 56.5 Å².